The molecule has 0 spiro atoms. The molecule has 1 N–H and O–H groups in total. The largest absolute Gasteiger partial charge is 0.468 e. The molecule has 3 heteroatoms. The van der Waals surface area contributed by atoms with Gasteiger partial charge >= 0.3 is 0 Å². The second-order valence-electron chi connectivity index (χ2n) is 4.79. The lowest BCUT2D eigenvalue weighted by atomic mass is 9.94. The van der Waals surface area contributed by atoms with Gasteiger partial charge < -0.3 is 14.6 Å². The zero-order chi connectivity index (χ0) is 11.2. The fraction of sp³-hybridized carbons (Fsp3) is 0.692. The molecule has 90 valence electrons. The van der Waals surface area contributed by atoms with Gasteiger partial charge in [0.2, 0.25) is 0 Å². The van der Waals surface area contributed by atoms with E-state index in [-0.39, 0.29) is 0 Å². The van der Waals surface area contributed by atoms with Crippen LogP contribution in [0.4, 0.5) is 0 Å². The molecule has 1 saturated heterocycles. The van der Waals surface area contributed by atoms with E-state index in [1.54, 1.807) is 6.26 Å². The van der Waals surface area contributed by atoms with E-state index in [0.29, 0.717) is 0 Å². The van der Waals surface area contributed by atoms with Gasteiger partial charge in [0, 0.05) is 0 Å². The minimum atomic E-state index is 0.861. The van der Waals surface area contributed by atoms with Crippen LogP contribution in [0.15, 0.2) is 22.8 Å². The lowest BCUT2D eigenvalue weighted by Gasteiger charge is -2.28. The Morgan fingerprint density at radius 2 is 2.25 bits per heavy atom. The summed E-state index contributed by atoms with van der Waals surface area (Å²) in [5, 5.41) is 3.44. The van der Waals surface area contributed by atoms with Crippen LogP contribution < -0.4 is 5.32 Å². The Kier molecular flexibility index (Phi) is 4.43. The van der Waals surface area contributed by atoms with Gasteiger partial charge in [0.15, 0.2) is 0 Å². The third-order valence-corrected chi connectivity index (χ3v) is 3.45. The number of rotatable bonds is 5. The number of furan rings is 1. The quantitative estimate of drug-likeness (QED) is 0.773. The summed E-state index contributed by atoms with van der Waals surface area (Å²) in [5.41, 5.74) is 0. The predicted molar refractivity (Wildman–Crippen MR) is 65.3 cm³/mol. The summed E-state index contributed by atoms with van der Waals surface area (Å²) in [6, 6.07) is 3.95. The summed E-state index contributed by atoms with van der Waals surface area (Å²) < 4.78 is 5.27. The van der Waals surface area contributed by atoms with Crippen LogP contribution >= 0.6 is 0 Å². The van der Waals surface area contributed by atoms with Crippen molar-refractivity contribution < 1.29 is 4.42 Å². The van der Waals surface area contributed by atoms with E-state index in [9.17, 15) is 0 Å². The van der Waals surface area contributed by atoms with Crippen LogP contribution in [0.3, 0.4) is 0 Å². The Balaban J connectivity index is 1.55. The van der Waals surface area contributed by atoms with E-state index in [1.165, 1.54) is 32.4 Å². The second kappa shape index (κ2) is 6.06. The highest BCUT2D eigenvalue weighted by atomic mass is 16.3. The molecule has 2 heterocycles. The topological polar surface area (TPSA) is 28.4 Å². The van der Waals surface area contributed by atoms with Crippen molar-refractivity contribution in [2.45, 2.75) is 25.8 Å². The van der Waals surface area contributed by atoms with E-state index in [0.717, 1.165) is 24.8 Å². The fourth-order valence-electron chi connectivity index (χ4n) is 2.28. The Morgan fingerprint density at radius 3 is 2.94 bits per heavy atom. The molecule has 0 amide bonds. The van der Waals surface area contributed by atoms with E-state index in [1.807, 2.05) is 12.1 Å². The molecule has 0 radical (unpaired) electrons. The minimum Gasteiger partial charge on any atom is -0.468 e. The zero-order valence-electron chi connectivity index (χ0n) is 10.1. The van der Waals surface area contributed by atoms with E-state index < -0.39 is 0 Å². The molecule has 2 rings (SSSR count). The summed E-state index contributed by atoms with van der Waals surface area (Å²) in [5.74, 6) is 1.95. The van der Waals surface area contributed by atoms with Crippen LogP contribution in [0.25, 0.3) is 0 Å². The highest BCUT2D eigenvalue weighted by molar-refractivity contribution is 4.97. The first-order chi connectivity index (χ1) is 7.84. The van der Waals surface area contributed by atoms with Gasteiger partial charge in [-0.2, -0.15) is 0 Å². The van der Waals surface area contributed by atoms with Gasteiger partial charge in [-0.3, -0.25) is 0 Å². The summed E-state index contributed by atoms with van der Waals surface area (Å²) in [6.07, 6.45) is 5.75. The van der Waals surface area contributed by atoms with Crippen LogP contribution in [-0.4, -0.2) is 31.6 Å². The van der Waals surface area contributed by atoms with Gasteiger partial charge in [0.25, 0.3) is 0 Å². The monoisotopic (exact) mass is 222 g/mol. The van der Waals surface area contributed by atoms with Crippen molar-refractivity contribution in [1.29, 1.82) is 0 Å². The minimum absolute atomic E-state index is 0.861. The van der Waals surface area contributed by atoms with Gasteiger partial charge in [-0.1, -0.05) is 0 Å². The van der Waals surface area contributed by atoms with Crippen molar-refractivity contribution in [3.05, 3.63) is 24.2 Å². The molecule has 3 nitrogen and oxygen atoms in total. The summed E-state index contributed by atoms with van der Waals surface area (Å²) in [6.45, 7) is 4.50. The van der Waals surface area contributed by atoms with Crippen molar-refractivity contribution in [2.75, 3.05) is 26.7 Å². The highest BCUT2D eigenvalue weighted by Crippen LogP contribution is 2.18. The molecule has 0 unspecified atom stereocenters. The molecule has 1 aromatic rings. The van der Waals surface area contributed by atoms with E-state index >= 15 is 0 Å². The van der Waals surface area contributed by atoms with Crippen LogP contribution in [0.2, 0.25) is 0 Å². The van der Waals surface area contributed by atoms with Crippen molar-refractivity contribution in [3.63, 3.8) is 0 Å². The first-order valence-corrected chi connectivity index (χ1v) is 6.26. The molecule has 1 fully saturated rings. The lowest BCUT2D eigenvalue weighted by Crippen LogP contribution is -2.31. The maximum Gasteiger partial charge on any atom is 0.117 e. The standard InChI is InChI=1S/C13H22N2O/c1-15-8-5-12(6-9-15)4-7-14-11-13-3-2-10-16-13/h2-3,10,12,14H,4-9,11H2,1H3. The number of nitrogens with one attached hydrogen (secondary N) is 1. The Morgan fingerprint density at radius 1 is 1.44 bits per heavy atom. The second-order valence-corrected chi connectivity index (χ2v) is 4.79. The number of hydrogen-bond acceptors (Lipinski definition) is 3. The molecular formula is C13H22N2O. The molecule has 1 aromatic heterocycles. The summed E-state index contributed by atoms with van der Waals surface area (Å²) in [7, 11) is 2.21. The molecule has 0 aromatic carbocycles. The lowest BCUT2D eigenvalue weighted by molar-refractivity contribution is 0.211. The van der Waals surface area contributed by atoms with Crippen molar-refractivity contribution in [2.24, 2.45) is 5.92 Å². The third-order valence-electron chi connectivity index (χ3n) is 3.45. The van der Waals surface area contributed by atoms with E-state index in [4.69, 9.17) is 4.42 Å². The molecule has 0 atom stereocenters. The molecular weight excluding hydrogens is 200 g/mol. The zero-order valence-corrected chi connectivity index (χ0v) is 10.1. The Labute approximate surface area is 97.8 Å². The predicted octanol–water partition coefficient (Wildman–Crippen LogP) is 2.10. The number of hydrogen-bond donors (Lipinski definition) is 1. The fourth-order valence-corrected chi connectivity index (χ4v) is 2.28. The van der Waals surface area contributed by atoms with Gasteiger partial charge in [-0.15, -0.1) is 0 Å². The van der Waals surface area contributed by atoms with Crippen molar-refractivity contribution in [1.82, 2.24) is 10.2 Å². The molecule has 1 aliphatic rings. The van der Waals surface area contributed by atoms with Crippen LogP contribution in [-0.2, 0) is 6.54 Å². The molecule has 0 aliphatic carbocycles. The Hall–Kier alpha value is -0.800. The maximum atomic E-state index is 5.27. The highest BCUT2D eigenvalue weighted by Gasteiger charge is 2.15. The van der Waals surface area contributed by atoms with Gasteiger partial charge in [0.1, 0.15) is 5.76 Å². The normalized spacial score (nSPS) is 19.1. The molecule has 0 bridgehead atoms. The van der Waals surface area contributed by atoms with E-state index in [2.05, 4.69) is 17.3 Å². The van der Waals surface area contributed by atoms with Crippen LogP contribution in [0.5, 0.6) is 0 Å². The van der Waals surface area contributed by atoms with Crippen LogP contribution in [0.1, 0.15) is 25.0 Å². The number of piperidine rings is 1. The average Bonchev–Trinajstić information content (AvgIpc) is 2.80. The van der Waals surface area contributed by atoms with Gasteiger partial charge in [0.05, 0.1) is 12.8 Å². The smallest absolute Gasteiger partial charge is 0.117 e. The van der Waals surface area contributed by atoms with Crippen LogP contribution in [0, 0.1) is 5.92 Å². The summed E-state index contributed by atoms with van der Waals surface area (Å²) in [4.78, 5) is 2.42. The van der Waals surface area contributed by atoms with Gasteiger partial charge in [-0.25, -0.2) is 0 Å². The SMILES string of the molecule is CN1CCC(CCNCc2ccco2)CC1. The molecule has 16 heavy (non-hydrogen) atoms. The first kappa shape index (κ1) is 11.7. The number of likely N-dealkylation sites (tertiary alicyclic amines) is 1. The number of nitrogens with zero attached hydrogens (tertiary/aromatic N) is 1. The third kappa shape index (κ3) is 3.65. The molecule has 0 saturated carbocycles. The van der Waals surface area contributed by atoms with Crippen molar-refractivity contribution >= 4 is 0 Å². The average molecular weight is 222 g/mol. The molecule has 1 aliphatic heterocycles. The first-order valence-electron chi connectivity index (χ1n) is 6.26. The summed E-state index contributed by atoms with van der Waals surface area (Å²) >= 11 is 0. The Bertz CT molecular complexity index is 276. The maximum absolute atomic E-state index is 5.27. The van der Waals surface area contributed by atoms with Gasteiger partial charge in [-0.05, 0) is 64.0 Å². The van der Waals surface area contributed by atoms with Crippen molar-refractivity contribution in [3.8, 4) is 0 Å².